The third-order valence-corrected chi connectivity index (χ3v) is 4.96. The van der Waals surface area contributed by atoms with Gasteiger partial charge in [0, 0.05) is 14.8 Å². The predicted octanol–water partition coefficient (Wildman–Crippen LogP) is 5.64. The minimum absolute atomic E-state index is 0.0211. The van der Waals surface area contributed by atoms with Crippen LogP contribution in [-0.4, -0.2) is 0 Å². The highest BCUT2D eigenvalue weighted by Crippen LogP contribution is 2.43. The van der Waals surface area contributed by atoms with E-state index in [4.69, 9.17) is 23.2 Å². The molecule has 3 heteroatoms. The minimum Gasteiger partial charge on any atom is -0.117 e. The van der Waals surface area contributed by atoms with Crippen molar-refractivity contribution >= 4 is 35.0 Å². The summed E-state index contributed by atoms with van der Waals surface area (Å²) in [7, 11) is 0. The second-order valence-corrected chi connectivity index (χ2v) is 6.61. The van der Waals surface area contributed by atoms with E-state index < -0.39 is 0 Å². The van der Waals surface area contributed by atoms with Crippen molar-refractivity contribution in [3.8, 4) is 0 Å². The zero-order chi connectivity index (χ0) is 12.7. The van der Waals surface area contributed by atoms with Crippen LogP contribution in [0.2, 0.25) is 5.02 Å². The molecule has 3 rings (SSSR count). The van der Waals surface area contributed by atoms with Crippen LogP contribution in [0, 0.1) is 6.92 Å². The van der Waals surface area contributed by atoms with Crippen LogP contribution in [0.15, 0.2) is 46.2 Å². The maximum absolute atomic E-state index is 6.53. The molecule has 1 aliphatic rings. The first kappa shape index (κ1) is 12.4. The Bertz CT molecular complexity index is 607. The van der Waals surface area contributed by atoms with Crippen molar-refractivity contribution in [2.45, 2.75) is 28.5 Å². The minimum atomic E-state index is 0.0211. The van der Waals surface area contributed by atoms with Crippen molar-refractivity contribution < 1.29 is 0 Å². The number of benzene rings is 2. The van der Waals surface area contributed by atoms with Gasteiger partial charge in [0.25, 0.3) is 0 Å². The van der Waals surface area contributed by atoms with Crippen molar-refractivity contribution in [1.82, 2.24) is 0 Å². The second-order valence-electron chi connectivity index (χ2n) is 4.57. The van der Waals surface area contributed by atoms with E-state index in [-0.39, 0.29) is 5.38 Å². The fourth-order valence-corrected chi connectivity index (χ4v) is 4.05. The zero-order valence-corrected chi connectivity index (χ0v) is 12.2. The van der Waals surface area contributed by atoms with Gasteiger partial charge in [0.05, 0.1) is 5.38 Å². The fraction of sp³-hybridized carbons (Fsp3) is 0.200. The van der Waals surface area contributed by atoms with Crippen LogP contribution in [0.3, 0.4) is 0 Å². The van der Waals surface area contributed by atoms with Gasteiger partial charge in [-0.25, -0.2) is 0 Å². The van der Waals surface area contributed by atoms with E-state index in [0.29, 0.717) is 0 Å². The molecule has 0 aliphatic carbocycles. The molecule has 0 radical (unpaired) electrons. The molecule has 1 atom stereocenters. The van der Waals surface area contributed by atoms with Crippen LogP contribution in [0.1, 0.15) is 22.1 Å². The average Bonchev–Trinajstić information content (AvgIpc) is 2.44. The number of halogens is 2. The summed E-state index contributed by atoms with van der Waals surface area (Å²) in [6.07, 6.45) is 0.834. The largest absolute Gasteiger partial charge is 0.117 e. The average molecular weight is 295 g/mol. The van der Waals surface area contributed by atoms with Crippen LogP contribution < -0.4 is 0 Å². The van der Waals surface area contributed by atoms with Crippen LogP contribution in [0.4, 0.5) is 0 Å². The van der Waals surface area contributed by atoms with Gasteiger partial charge in [0.15, 0.2) is 0 Å². The molecular formula is C15H12Cl2S. The molecule has 0 fully saturated rings. The van der Waals surface area contributed by atoms with E-state index in [1.807, 2.05) is 12.1 Å². The van der Waals surface area contributed by atoms with Gasteiger partial charge in [0.2, 0.25) is 0 Å². The van der Waals surface area contributed by atoms with E-state index in [2.05, 4.69) is 31.2 Å². The second kappa shape index (κ2) is 4.80. The molecule has 0 spiro atoms. The highest BCUT2D eigenvalue weighted by atomic mass is 35.5. The van der Waals surface area contributed by atoms with Gasteiger partial charge < -0.3 is 0 Å². The molecule has 2 aromatic rings. The van der Waals surface area contributed by atoms with Crippen LogP contribution >= 0.6 is 35.0 Å². The Morgan fingerprint density at radius 3 is 2.78 bits per heavy atom. The summed E-state index contributed by atoms with van der Waals surface area (Å²) < 4.78 is 0. The quantitative estimate of drug-likeness (QED) is 0.567. The SMILES string of the molecule is Cc1ccc2c(c1)Sc1ccc(Cl)cc1CC2Cl. The Morgan fingerprint density at radius 2 is 1.94 bits per heavy atom. The summed E-state index contributed by atoms with van der Waals surface area (Å²) in [5.74, 6) is 0. The lowest BCUT2D eigenvalue weighted by Crippen LogP contribution is -1.95. The number of alkyl halides is 1. The maximum atomic E-state index is 6.53. The van der Waals surface area contributed by atoms with E-state index >= 15 is 0 Å². The smallest absolute Gasteiger partial charge is 0.0637 e. The Hall–Kier alpha value is -0.630. The standard InChI is InChI=1S/C15H12Cl2S/c1-9-2-4-12-13(17)8-10-7-11(16)3-5-14(10)18-15(12)6-9/h2-7,13H,8H2,1H3. The summed E-state index contributed by atoms with van der Waals surface area (Å²) in [4.78, 5) is 2.52. The van der Waals surface area contributed by atoms with E-state index in [1.165, 1.54) is 26.5 Å². The van der Waals surface area contributed by atoms with Crippen LogP contribution in [-0.2, 0) is 6.42 Å². The molecule has 0 saturated heterocycles. The highest BCUT2D eigenvalue weighted by molar-refractivity contribution is 7.99. The normalized spacial score (nSPS) is 17.8. The summed E-state index contributed by atoms with van der Waals surface area (Å²) >= 11 is 14.4. The lowest BCUT2D eigenvalue weighted by Gasteiger charge is -2.10. The van der Waals surface area contributed by atoms with Crippen molar-refractivity contribution in [2.24, 2.45) is 0 Å². The third-order valence-electron chi connectivity index (χ3n) is 3.15. The van der Waals surface area contributed by atoms with Crippen LogP contribution in [0.25, 0.3) is 0 Å². The third kappa shape index (κ3) is 2.27. The number of aryl methyl sites for hydroxylation is 1. The van der Waals surface area contributed by atoms with Crippen molar-refractivity contribution in [2.75, 3.05) is 0 Å². The Kier molecular flexibility index (Phi) is 3.31. The first-order chi connectivity index (χ1) is 8.63. The molecule has 0 amide bonds. The van der Waals surface area contributed by atoms with Gasteiger partial charge in [-0.2, -0.15) is 0 Å². The van der Waals surface area contributed by atoms with Crippen LogP contribution in [0.5, 0.6) is 0 Å². The molecule has 0 N–H and O–H groups in total. The van der Waals surface area contributed by atoms with Gasteiger partial charge in [-0.15, -0.1) is 11.6 Å². The molecule has 92 valence electrons. The number of fused-ring (bicyclic) bond motifs is 2. The fourth-order valence-electron chi connectivity index (χ4n) is 2.22. The molecule has 18 heavy (non-hydrogen) atoms. The molecule has 0 aromatic heterocycles. The molecule has 1 unspecified atom stereocenters. The Labute approximate surface area is 121 Å². The molecule has 2 aromatic carbocycles. The Balaban J connectivity index is 2.14. The topological polar surface area (TPSA) is 0 Å². The monoisotopic (exact) mass is 294 g/mol. The first-order valence-corrected chi connectivity index (χ1v) is 7.47. The summed E-state index contributed by atoms with van der Waals surface area (Å²) in [5, 5.41) is 0.799. The van der Waals surface area contributed by atoms with Crippen molar-refractivity contribution in [3.63, 3.8) is 0 Å². The summed E-state index contributed by atoms with van der Waals surface area (Å²) in [6.45, 7) is 2.11. The Morgan fingerprint density at radius 1 is 1.11 bits per heavy atom. The van der Waals surface area contributed by atoms with Gasteiger partial charge in [0.1, 0.15) is 0 Å². The molecule has 0 nitrogen and oxygen atoms in total. The van der Waals surface area contributed by atoms with Gasteiger partial charge in [-0.3, -0.25) is 0 Å². The first-order valence-electron chi connectivity index (χ1n) is 5.84. The van der Waals surface area contributed by atoms with Crippen molar-refractivity contribution in [3.05, 3.63) is 58.1 Å². The molecule has 0 bridgehead atoms. The zero-order valence-electron chi connectivity index (χ0n) is 9.91. The van der Waals surface area contributed by atoms with Gasteiger partial charge in [-0.05, 0) is 54.3 Å². The predicted molar refractivity (Wildman–Crippen MR) is 79.1 cm³/mol. The highest BCUT2D eigenvalue weighted by Gasteiger charge is 2.21. The molecule has 1 heterocycles. The van der Waals surface area contributed by atoms with Gasteiger partial charge in [-0.1, -0.05) is 35.5 Å². The van der Waals surface area contributed by atoms with E-state index in [0.717, 1.165) is 11.4 Å². The number of hydrogen-bond acceptors (Lipinski definition) is 1. The number of rotatable bonds is 0. The van der Waals surface area contributed by atoms with E-state index in [1.54, 1.807) is 11.8 Å². The lowest BCUT2D eigenvalue weighted by molar-refractivity contribution is 0.889. The number of hydrogen-bond donors (Lipinski definition) is 0. The lowest BCUT2D eigenvalue weighted by atomic mass is 10.0. The summed E-state index contributed by atoms with van der Waals surface area (Å²) in [5.41, 5.74) is 3.73. The van der Waals surface area contributed by atoms with Gasteiger partial charge >= 0.3 is 0 Å². The maximum Gasteiger partial charge on any atom is 0.0637 e. The van der Waals surface area contributed by atoms with Crippen molar-refractivity contribution in [1.29, 1.82) is 0 Å². The summed E-state index contributed by atoms with van der Waals surface area (Å²) in [6, 6.07) is 12.5. The molecular weight excluding hydrogens is 283 g/mol. The molecule has 0 saturated carbocycles. The molecule has 1 aliphatic heterocycles. The van der Waals surface area contributed by atoms with E-state index in [9.17, 15) is 0 Å².